The zero-order valence-electron chi connectivity index (χ0n) is 19.4. The summed E-state index contributed by atoms with van der Waals surface area (Å²) in [7, 11) is 0. The van der Waals surface area contributed by atoms with Gasteiger partial charge in [0, 0.05) is 25.9 Å². The smallest absolute Gasteiger partial charge is 0.136 e. The minimum absolute atomic E-state index is 0.930. The van der Waals surface area contributed by atoms with Gasteiger partial charge in [0.2, 0.25) is 0 Å². The molecular weight excluding hydrogens is 456 g/mol. The van der Waals surface area contributed by atoms with Crippen LogP contribution in [-0.4, -0.2) is 0 Å². The summed E-state index contributed by atoms with van der Waals surface area (Å²) in [6.07, 6.45) is 0. The Labute approximate surface area is 213 Å². The molecule has 1 aromatic heterocycles. The molecule has 8 rings (SSSR count). The molecule has 0 saturated heterocycles. The number of para-hydroxylation sites is 1. The quantitative estimate of drug-likeness (QED) is 0.246. The third-order valence-corrected chi connectivity index (χ3v) is 8.44. The van der Waals surface area contributed by atoms with Gasteiger partial charge in [-0.05, 0) is 69.1 Å². The van der Waals surface area contributed by atoms with E-state index in [1.54, 1.807) is 0 Å². The first-order valence-electron chi connectivity index (χ1n) is 12.2. The molecule has 1 aliphatic rings. The fourth-order valence-corrected chi connectivity index (χ4v) is 6.71. The SMILES string of the molecule is c1ccc2c(c1)Sc1ccc(-c3ccc(-c4ccc5c(c4)oc4ccccc45)cc3)c3cccc-2c13. The number of hydrogen-bond donors (Lipinski definition) is 0. The Bertz CT molecular complexity index is 1960. The predicted octanol–water partition coefficient (Wildman–Crippen LogP) is 10.2. The topological polar surface area (TPSA) is 13.1 Å². The highest BCUT2D eigenvalue weighted by Gasteiger charge is 2.20. The van der Waals surface area contributed by atoms with Gasteiger partial charge in [-0.2, -0.15) is 0 Å². The van der Waals surface area contributed by atoms with E-state index in [1.165, 1.54) is 48.4 Å². The van der Waals surface area contributed by atoms with Crippen molar-refractivity contribution < 1.29 is 4.42 Å². The van der Waals surface area contributed by atoms with Crippen LogP contribution in [0.1, 0.15) is 0 Å². The van der Waals surface area contributed by atoms with Crippen molar-refractivity contribution >= 4 is 44.5 Å². The molecule has 168 valence electrons. The first kappa shape index (κ1) is 20.0. The summed E-state index contributed by atoms with van der Waals surface area (Å²) in [5.41, 5.74) is 9.38. The minimum atomic E-state index is 0.930. The second-order valence-electron chi connectivity index (χ2n) is 9.32. The lowest BCUT2D eigenvalue weighted by atomic mass is 9.92. The highest BCUT2D eigenvalue weighted by atomic mass is 32.2. The summed E-state index contributed by atoms with van der Waals surface area (Å²) < 4.78 is 6.12. The average Bonchev–Trinajstić information content (AvgIpc) is 3.31. The zero-order valence-corrected chi connectivity index (χ0v) is 20.2. The van der Waals surface area contributed by atoms with Crippen LogP contribution in [0, 0.1) is 0 Å². The number of furan rings is 1. The summed E-state index contributed by atoms with van der Waals surface area (Å²) in [5.74, 6) is 0. The van der Waals surface area contributed by atoms with Crippen molar-refractivity contribution in [3.8, 4) is 33.4 Å². The Hall–Kier alpha value is -4.27. The van der Waals surface area contributed by atoms with E-state index in [-0.39, 0.29) is 0 Å². The number of benzene rings is 6. The van der Waals surface area contributed by atoms with Crippen molar-refractivity contribution in [2.24, 2.45) is 0 Å². The van der Waals surface area contributed by atoms with Crippen LogP contribution in [0.2, 0.25) is 0 Å². The van der Waals surface area contributed by atoms with Crippen molar-refractivity contribution in [3.63, 3.8) is 0 Å². The van der Waals surface area contributed by atoms with Crippen LogP contribution in [0.3, 0.4) is 0 Å². The summed E-state index contributed by atoms with van der Waals surface area (Å²) >= 11 is 1.87. The van der Waals surface area contributed by atoms with E-state index in [0.29, 0.717) is 0 Å². The van der Waals surface area contributed by atoms with E-state index < -0.39 is 0 Å². The van der Waals surface area contributed by atoms with Gasteiger partial charge in [0.05, 0.1) is 0 Å². The first-order valence-corrected chi connectivity index (χ1v) is 13.0. The van der Waals surface area contributed by atoms with Crippen LogP contribution in [-0.2, 0) is 0 Å². The minimum Gasteiger partial charge on any atom is -0.456 e. The molecular formula is C34H20OS. The molecule has 0 fully saturated rings. The van der Waals surface area contributed by atoms with E-state index in [1.807, 2.05) is 23.9 Å². The number of hydrogen-bond acceptors (Lipinski definition) is 2. The molecule has 0 spiro atoms. The van der Waals surface area contributed by atoms with E-state index in [9.17, 15) is 0 Å². The molecule has 0 saturated carbocycles. The van der Waals surface area contributed by atoms with Crippen LogP contribution < -0.4 is 0 Å². The summed E-state index contributed by atoms with van der Waals surface area (Å²) in [6.45, 7) is 0. The Morgan fingerprint density at radius 1 is 0.417 bits per heavy atom. The highest BCUT2D eigenvalue weighted by Crippen LogP contribution is 2.49. The van der Waals surface area contributed by atoms with Crippen LogP contribution >= 0.6 is 11.8 Å². The van der Waals surface area contributed by atoms with Crippen LogP contribution in [0.4, 0.5) is 0 Å². The standard InChI is InChI=1S/C34H20OS/c1-3-10-30-25(6-1)26-17-16-23(20-31(26)35-30)21-12-14-22(15-13-21)24-18-19-33-34-28(24)8-5-9-29(34)27-7-2-4-11-32(27)36-33/h1-20H. The Balaban J connectivity index is 1.22. The fraction of sp³-hybridized carbons (Fsp3) is 0. The van der Waals surface area contributed by atoms with Gasteiger partial charge in [-0.3, -0.25) is 0 Å². The van der Waals surface area contributed by atoms with E-state index >= 15 is 0 Å². The van der Waals surface area contributed by atoms with Gasteiger partial charge in [-0.1, -0.05) is 103 Å². The second kappa shape index (κ2) is 7.61. The molecule has 0 radical (unpaired) electrons. The molecule has 2 heterocycles. The third-order valence-electron chi connectivity index (χ3n) is 7.31. The fourth-order valence-electron chi connectivity index (χ4n) is 5.58. The molecule has 7 aromatic rings. The summed E-state index contributed by atoms with van der Waals surface area (Å²) in [4.78, 5) is 2.66. The van der Waals surface area contributed by atoms with Crippen LogP contribution in [0.5, 0.6) is 0 Å². The van der Waals surface area contributed by atoms with Crippen molar-refractivity contribution in [2.75, 3.05) is 0 Å². The monoisotopic (exact) mass is 476 g/mol. The van der Waals surface area contributed by atoms with E-state index in [4.69, 9.17) is 4.42 Å². The molecule has 0 bridgehead atoms. The number of fused-ring (bicyclic) bond motifs is 5. The average molecular weight is 477 g/mol. The van der Waals surface area contributed by atoms with Gasteiger partial charge < -0.3 is 4.42 Å². The summed E-state index contributed by atoms with van der Waals surface area (Å²) in [6, 6.07) is 43.6. The molecule has 1 nitrogen and oxygen atoms in total. The van der Waals surface area contributed by atoms with Gasteiger partial charge in [0.1, 0.15) is 11.2 Å². The molecule has 0 unspecified atom stereocenters. The van der Waals surface area contributed by atoms with Gasteiger partial charge in [0.25, 0.3) is 0 Å². The van der Waals surface area contributed by atoms with Crippen molar-refractivity contribution in [3.05, 3.63) is 121 Å². The van der Waals surface area contributed by atoms with Gasteiger partial charge in [-0.25, -0.2) is 0 Å². The molecule has 0 amide bonds. The van der Waals surface area contributed by atoms with E-state index in [0.717, 1.165) is 27.5 Å². The maximum absolute atomic E-state index is 6.12. The Morgan fingerprint density at radius 2 is 1.14 bits per heavy atom. The van der Waals surface area contributed by atoms with Crippen molar-refractivity contribution in [1.82, 2.24) is 0 Å². The Kier molecular flexibility index (Phi) is 4.22. The molecule has 0 atom stereocenters. The molecule has 0 aliphatic carbocycles. The van der Waals surface area contributed by atoms with Crippen molar-refractivity contribution in [2.45, 2.75) is 9.79 Å². The zero-order chi connectivity index (χ0) is 23.6. The second-order valence-corrected chi connectivity index (χ2v) is 10.4. The van der Waals surface area contributed by atoms with Gasteiger partial charge in [0.15, 0.2) is 0 Å². The lowest BCUT2D eigenvalue weighted by molar-refractivity contribution is 0.669. The largest absolute Gasteiger partial charge is 0.456 e. The first-order chi connectivity index (χ1) is 17.8. The third kappa shape index (κ3) is 2.92. The van der Waals surface area contributed by atoms with Gasteiger partial charge in [-0.15, -0.1) is 0 Å². The van der Waals surface area contributed by atoms with Crippen LogP contribution in [0.25, 0.3) is 66.1 Å². The van der Waals surface area contributed by atoms with Gasteiger partial charge >= 0.3 is 0 Å². The maximum atomic E-state index is 6.12. The predicted molar refractivity (Wildman–Crippen MR) is 152 cm³/mol. The lowest BCUT2D eigenvalue weighted by Crippen LogP contribution is -1.94. The Morgan fingerprint density at radius 3 is 2.08 bits per heavy atom. The van der Waals surface area contributed by atoms with Crippen LogP contribution in [0.15, 0.2) is 136 Å². The van der Waals surface area contributed by atoms with Crippen molar-refractivity contribution in [1.29, 1.82) is 0 Å². The molecule has 6 aromatic carbocycles. The molecule has 2 heteroatoms. The molecule has 1 aliphatic heterocycles. The lowest BCUT2D eigenvalue weighted by Gasteiger charge is -2.21. The maximum Gasteiger partial charge on any atom is 0.136 e. The highest BCUT2D eigenvalue weighted by molar-refractivity contribution is 7.99. The molecule has 36 heavy (non-hydrogen) atoms. The molecule has 0 N–H and O–H groups in total. The number of rotatable bonds is 2. The summed E-state index contributed by atoms with van der Waals surface area (Å²) in [5, 5.41) is 4.99. The van der Waals surface area contributed by atoms with E-state index in [2.05, 4.69) is 109 Å². The normalized spacial score (nSPS) is 12.3.